The van der Waals surface area contributed by atoms with E-state index in [4.69, 9.17) is 0 Å². The van der Waals surface area contributed by atoms with E-state index >= 15 is 0 Å². The predicted octanol–water partition coefficient (Wildman–Crippen LogP) is 3.49. The second-order valence-corrected chi connectivity index (χ2v) is 15.2. The van der Waals surface area contributed by atoms with Gasteiger partial charge in [0.15, 0.2) is 0 Å². The number of benzene rings is 3. The zero-order valence-electron chi connectivity index (χ0n) is 31.0. The lowest BCUT2D eigenvalue weighted by atomic mass is 9.97. The summed E-state index contributed by atoms with van der Waals surface area (Å²) in [4.78, 5) is 64.8. The molecule has 0 saturated carbocycles. The number of amides is 4. The first kappa shape index (κ1) is 37.3. The van der Waals surface area contributed by atoms with Crippen LogP contribution in [-0.4, -0.2) is 101 Å². The van der Waals surface area contributed by atoms with E-state index in [0.717, 1.165) is 53.5 Å². The number of aromatic nitrogens is 1. The minimum atomic E-state index is -0.987. The Morgan fingerprint density at radius 3 is 1.94 bits per heavy atom. The summed E-state index contributed by atoms with van der Waals surface area (Å²) >= 11 is 0. The zero-order chi connectivity index (χ0) is 37.3. The standard InChI is InChI=1S/C43H53N7O4/c51-40-27-39(50-22-18-34(19-23-50)49-20-10-3-11-21-49)43(54)45-29-33(24-30-12-4-1-5-13-30)46-41(52)37(25-31-14-6-2-7-15-31)48-42(53)38(47-40)26-32-28-44-36-17-9-8-16-35(32)36/h1-2,4-9,12-17,28,33-34,37-39,44H,3,10-11,18-27,29H2,(H,45,54)(H,46,52)(H,47,51)(H,48,53)/t33-,37+,38+,39-/m1/s1. The fraction of sp³-hybridized carbons (Fsp3) is 0.442. The second-order valence-electron chi connectivity index (χ2n) is 15.2. The van der Waals surface area contributed by atoms with E-state index in [0.29, 0.717) is 25.6 Å². The zero-order valence-corrected chi connectivity index (χ0v) is 31.0. The van der Waals surface area contributed by atoms with Crippen LogP contribution in [0.1, 0.15) is 55.2 Å². The number of H-pyrrole nitrogens is 1. The van der Waals surface area contributed by atoms with E-state index in [2.05, 4.69) is 36.1 Å². The van der Waals surface area contributed by atoms with Gasteiger partial charge < -0.3 is 31.2 Å². The summed E-state index contributed by atoms with van der Waals surface area (Å²) in [5.74, 6) is -1.43. The van der Waals surface area contributed by atoms with Gasteiger partial charge in [-0.05, 0) is 68.0 Å². The summed E-state index contributed by atoms with van der Waals surface area (Å²) < 4.78 is 0. The van der Waals surface area contributed by atoms with Crippen molar-refractivity contribution in [3.63, 3.8) is 0 Å². The molecule has 0 radical (unpaired) electrons. The number of likely N-dealkylation sites (tertiary alicyclic amines) is 2. The lowest BCUT2D eigenvalue weighted by Crippen LogP contribution is -2.60. The lowest BCUT2D eigenvalue weighted by Gasteiger charge is -2.42. The Balaban J connectivity index is 1.17. The number of rotatable bonds is 8. The van der Waals surface area contributed by atoms with Gasteiger partial charge in [-0.3, -0.25) is 24.1 Å². The summed E-state index contributed by atoms with van der Waals surface area (Å²) in [6, 6.07) is 24.6. The Hall–Kier alpha value is -5.00. The van der Waals surface area contributed by atoms with Crippen LogP contribution in [0.2, 0.25) is 0 Å². The van der Waals surface area contributed by atoms with Crippen LogP contribution in [0, 0.1) is 0 Å². The number of para-hydroxylation sites is 1. The van der Waals surface area contributed by atoms with E-state index < -0.39 is 30.1 Å². The molecule has 54 heavy (non-hydrogen) atoms. The summed E-state index contributed by atoms with van der Waals surface area (Å²) in [6.45, 7) is 3.83. The maximum absolute atomic E-state index is 14.3. The van der Waals surface area contributed by atoms with Crippen molar-refractivity contribution < 1.29 is 19.2 Å². The van der Waals surface area contributed by atoms with Crippen LogP contribution in [0.3, 0.4) is 0 Å². The van der Waals surface area contributed by atoms with E-state index in [9.17, 15) is 19.2 Å². The molecule has 7 rings (SSSR count). The molecule has 11 heteroatoms. The average Bonchev–Trinajstić information content (AvgIpc) is 3.61. The van der Waals surface area contributed by atoms with Crippen LogP contribution in [0.15, 0.2) is 91.1 Å². The molecular weight excluding hydrogens is 679 g/mol. The minimum Gasteiger partial charge on any atom is -0.361 e. The van der Waals surface area contributed by atoms with Crippen LogP contribution in [0.25, 0.3) is 10.9 Å². The number of piperidine rings is 2. The van der Waals surface area contributed by atoms with Crippen LogP contribution >= 0.6 is 0 Å². The van der Waals surface area contributed by atoms with Crippen molar-refractivity contribution in [1.29, 1.82) is 0 Å². The van der Waals surface area contributed by atoms with Crippen LogP contribution < -0.4 is 21.3 Å². The van der Waals surface area contributed by atoms with Gasteiger partial charge in [-0.25, -0.2) is 0 Å². The molecule has 3 aliphatic heterocycles. The SMILES string of the molecule is O=C1C[C@@H](N2CCC(N3CCCCC3)CC2)C(=O)NC[C@@H](Cc2ccccc2)NC(=O)[C@H](Cc2ccccc2)NC(=O)[C@H](Cc2c[nH]c3ccccc23)N1. The fourth-order valence-corrected chi connectivity index (χ4v) is 8.44. The van der Waals surface area contributed by atoms with E-state index in [1.807, 2.05) is 91.1 Å². The summed E-state index contributed by atoms with van der Waals surface area (Å²) in [6.07, 6.45) is 8.33. The number of aromatic amines is 1. The van der Waals surface area contributed by atoms with Crippen molar-refractivity contribution in [2.75, 3.05) is 32.7 Å². The van der Waals surface area contributed by atoms with Gasteiger partial charge in [0.2, 0.25) is 23.6 Å². The summed E-state index contributed by atoms with van der Waals surface area (Å²) in [5, 5.41) is 13.3. The van der Waals surface area contributed by atoms with E-state index in [-0.39, 0.29) is 43.5 Å². The second kappa shape index (κ2) is 17.9. The molecule has 3 aromatic carbocycles. The Labute approximate surface area is 317 Å². The molecule has 4 heterocycles. The van der Waals surface area contributed by atoms with E-state index in [1.165, 1.54) is 19.3 Å². The third-order valence-electron chi connectivity index (χ3n) is 11.4. The minimum absolute atomic E-state index is 0.0823. The topological polar surface area (TPSA) is 139 Å². The molecule has 0 bridgehead atoms. The molecule has 3 saturated heterocycles. The van der Waals surface area contributed by atoms with Gasteiger partial charge in [-0.1, -0.05) is 85.3 Å². The first-order chi connectivity index (χ1) is 26.4. The molecule has 4 amide bonds. The average molecular weight is 732 g/mol. The normalized spacial score (nSPS) is 24.6. The fourth-order valence-electron chi connectivity index (χ4n) is 8.44. The summed E-state index contributed by atoms with van der Waals surface area (Å²) in [7, 11) is 0. The van der Waals surface area contributed by atoms with Crippen molar-refractivity contribution in [2.45, 2.75) is 88.0 Å². The smallest absolute Gasteiger partial charge is 0.243 e. The molecule has 1 aromatic heterocycles. The van der Waals surface area contributed by atoms with Crippen LogP contribution in [0.5, 0.6) is 0 Å². The molecule has 3 fully saturated rings. The molecule has 0 spiro atoms. The van der Waals surface area contributed by atoms with Crippen molar-refractivity contribution >= 4 is 34.5 Å². The Morgan fingerprint density at radius 2 is 1.22 bits per heavy atom. The van der Waals surface area contributed by atoms with Gasteiger partial charge >= 0.3 is 0 Å². The third kappa shape index (κ3) is 9.56. The highest BCUT2D eigenvalue weighted by Gasteiger charge is 2.36. The number of nitrogens with zero attached hydrogens (tertiary/aromatic N) is 2. The van der Waals surface area contributed by atoms with Crippen LogP contribution in [0.4, 0.5) is 0 Å². The molecule has 0 unspecified atom stereocenters. The Kier molecular flexibility index (Phi) is 12.4. The van der Waals surface area contributed by atoms with Gasteiger partial charge in [0.1, 0.15) is 12.1 Å². The molecule has 3 aliphatic rings. The molecule has 284 valence electrons. The maximum atomic E-state index is 14.3. The molecule has 0 aliphatic carbocycles. The van der Waals surface area contributed by atoms with Gasteiger partial charge in [-0.15, -0.1) is 0 Å². The first-order valence-electron chi connectivity index (χ1n) is 19.7. The number of fused-ring (bicyclic) bond motifs is 1. The largest absolute Gasteiger partial charge is 0.361 e. The third-order valence-corrected chi connectivity index (χ3v) is 11.4. The van der Waals surface area contributed by atoms with Crippen molar-refractivity contribution in [2.24, 2.45) is 0 Å². The lowest BCUT2D eigenvalue weighted by molar-refractivity contribution is -0.135. The molecule has 5 N–H and O–H groups in total. The highest BCUT2D eigenvalue weighted by Crippen LogP contribution is 2.24. The monoisotopic (exact) mass is 731 g/mol. The van der Waals surface area contributed by atoms with Crippen molar-refractivity contribution in [3.05, 3.63) is 108 Å². The molecule has 11 nitrogen and oxygen atoms in total. The van der Waals surface area contributed by atoms with Crippen LogP contribution in [-0.2, 0) is 38.4 Å². The van der Waals surface area contributed by atoms with E-state index in [1.54, 1.807) is 0 Å². The van der Waals surface area contributed by atoms with Gasteiger partial charge in [0, 0.05) is 55.6 Å². The molecule has 4 aromatic rings. The maximum Gasteiger partial charge on any atom is 0.243 e. The number of carbonyl (C=O) groups is 4. The number of carbonyl (C=O) groups excluding carboxylic acids is 4. The van der Waals surface area contributed by atoms with Gasteiger partial charge in [0.05, 0.1) is 18.5 Å². The number of hydrogen-bond donors (Lipinski definition) is 5. The first-order valence-corrected chi connectivity index (χ1v) is 19.7. The molecular formula is C43H53N7O4. The van der Waals surface area contributed by atoms with Gasteiger partial charge in [0.25, 0.3) is 0 Å². The Morgan fingerprint density at radius 1 is 0.593 bits per heavy atom. The quantitative estimate of drug-likeness (QED) is 0.188. The predicted molar refractivity (Wildman–Crippen MR) is 210 cm³/mol. The van der Waals surface area contributed by atoms with Crippen molar-refractivity contribution in [3.8, 4) is 0 Å². The summed E-state index contributed by atoms with van der Waals surface area (Å²) in [5.41, 5.74) is 3.69. The highest BCUT2D eigenvalue weighted by atomic mass is 16.2. The van der Waals surface area contributed by atoms with Crippen molar-refractivity contribution in [1.82, 2.24) is 36.1 Å². The number of nitrogens with one attached hydrogen (secondary N) is 5. The Bertz CT molecular complexity index is 1870. The highest BCUT2D eigenvalue weighted by molar-refractivity contribution is 5.95. The molecule has 4 atom stereocenters. The number of hydrogen-bond acceptors (Lipinski definition) is 6. The van der Waals surface area contributed by atoms with Gasteiger partial charge in [-0.2, -0.15) is 0 Å².